The fourth-order valence-electron chi connectivity index (χ4n) is 4.30. The third-order valence-corrected chi connectivity index (χ3v) is 6.56. The Bertz CT molecular complexity index is 1400. The maximum atomic E-state index is 13.4. The van der Waals surface area contributed by atoms with Crippen molar-refractivity contribution in [1.29, 1.82) is 0 Å². The fourth-order valence-corrected chi connectivity index (χ4v) is 4.58. The summed E-state index contributed by atoms with van der Waals surface area (Å²) in [5.41, 5.74) is 4.31. The molecule has 1 aliphatic carbocycles. The number of H-pyrrole nitrogens is 1. The Morgan fingerprint density at radius 2 is 1.85 bits per heavy atom. The molecule has 4 aromatic rings. The molecule has 9 heteroatoms. The van der Waals surface area contributed by atoms with Gasteiger partial charge in [0.2, 0.25) is 0 Å². The van der Waals surface area contributed by atoms with E-state index in [2.05, 4.69) is 10.3 Å². The van der Waals surface area contributed by atoms with Crippen LogP contribution in [-0.4, -0.2) is 26.7 Å². The molecule has 1 heterocycles. The minimum absolute atomic E-state index is 0.141. The summed E-state index contributed by atoms with van der Waals surface area (Å²) < 4.78 is 37.9. The largest absolute Gasteiger partial charge is 0.350 e. The lowest BCUT2D eigenvalue weighted by Gasteiger charge is -2.17. The average Bonchev–Trinajstić information content (AvgIpc) is 3.51. The highest BCUT2D eigenvalue weighted by atomic mass is 32.2. The van der Waals surface area contributed by atoms with Gasteiger partial charge in [-0.15, -0.1) is 4.28 Å². The molecule has 1 unspecified atom stereocenters. The Morgan fingerprint density at radius 1 is 1.09 bits per heavy atom. The summed E-state index contributed by atoms with van der Waals surface area (Å²) in [5.74, 6) is -0.545. The van der Waals surface area contributed by atoms with Crippen LogP contribution in [-0.2, 0) is 21.1 Å². The molecular weight excluding hydrogens is 457 g/mol. The van der Waals surface area contributed by atoms with Gasteiger partial charge < -0.3 is 10.3 Å². The van der Waals surface area contributed by atoms with Gasteiger partial charge in [-0.25, -0.2) is 9.45 Å². The number of hydrogen-bond donors (Lipinski definition) is 3. The molecule has 1 amide bonds. The summed E-state index contributed by atoms with van der Waals surface area (Å²) in [5, 5.41) is 4.94. The van der Waals surface area contributed by atoms with Crippen LogP contribution in [0.25, 0.3) is 10.9 Å². The van der Waals surface area contributed by atoms with E-state index in [-0.39, 0.29) is 17.1 Å². The Hall–Kier alpha value is -3.53. The van der Waals surface area contributed by atoms with Gasteiger partial charge in [0.15, 0.2) is 0 Å². The van der Waals surface area contributed by atoms with E-state index in [4.69, 9.17) is 8.84 Å². The van der Waals surface area contributed by atoms with Crippen molar-refractivity contribution in [2.45, 2.75) is 18.3 Å². The number of nitrogens with zero attached hydrogens (tertiary/aromatic N) is 1. The number of benzene rings is 3. The first-order valence-electron chi connectivity index (χ1n) is 10.7. The zero-order chi connectivity index (χ0) is 23.9. The van der Waals surface area contributed by atoms with Gasteiger partial charge in [-0.2, -0.15) is 4.21 Å². The number of aromatic nitrogens is 1. The summed E-state index contributed by atoms with van der Waals surface area (Å²) in [6.45, 7) is 0. The van der Waals surface area contributed by atoms with Crippen LogP contribution in [0.2, 0.25) is 0 Å². The molecule has 1 fully saturated rings. The van der Waals surface area contributed by atoms with E-state index in [1.165, 1.54) is 24.2 Å². The van der Waals surface area contributed by atoms with Gasteiger partial charge in [-0.1, -0.05) is 30.3 Å². The number of rotatable bonds is 7. The van der Waals surface area contributed by atoms with Crippen molar-refractivity contribution in [2.24, 2.45) is 0 Å². The monoisotopic (exact) mass is 479 g/mol. The van der Waals surface area contributed by atoms with E-state index >= 15 is 0 Å². The molecule has 0 aliphatic heterocycles. The second kappa shape index (κ2) is 8.68. The number of amides is 1. The molecule has 7 nitrogen and oxygen atoms in total. The predicted octanol–water partition coefficient (Wildman–Crippen LogP) is 5.14. The fraction of sp³-hybridized carbons (Fsp3) is 0.160. The number of halogens is 1. The molecule has 1 saturated carbocycles. The topological polar surface area (TPSA) is 94.7 Å². The number of nitrogens with one attached hydrogen (secondary N) is 2. The third-order valence-electron chi connectivity index (χ3n) is 6.21. The van der Waals surface area contributed by atoms with Crippen molar-refractivity contribution in [3.05, 3.63) is 95.4 Å². The molecule has 1 atom stereocenters. The molecule has 34 heavy (non-hydrogen) atoms. The van der Waals surface area contributed by atoms with Crippen LogP contribution in [0.15, 0.2) is 72.8 Å². The molecule has 3 aromatic carbocycles. The third kappa shape index (κ3) is 4.33. The molecule has 0 saturated heterocycles. The maximum Gasteiger partial charge on any atom is 0.325 e. The van der Waals surface area contributed by atoms with E-state index in [0.717, 1.165) is 29.4 Å². The Morgan fingerprint density at radius 3 is 2.56 bits per heavy atom. The average molecular weight is 480 g/mol. The van der Waals surface area contributed by atoms with Crippen molar-refractivity contribution >= 4 is 39.5 Å². The standard InChI is InChI=1S/C25H22FN3O4S/c1-29(33-34(31)32)21-10-5-16-13-23(28-22(16)15-21)24(30)27-20-4-2-3-18(14-20)25(11-12-25)17-6-8-19(26)9-7-17/h2-10,13-15,28H,11-12H2,1H3,(H,27,30)(H,31,32). The molecule has 1 aliphatic rings. The normalized spacial score (nSPS) is 15.1. The number of aromatic amines is 1. The van der Waals surface area contributed by atoms with E-state index < -0.39 is 11.4 Å². The van der Waals surface area contributed by atoms with Gasteiger partial charge in [0.1, 0.15) is 11.5 Å². The highest BCUT2D eigenvalue weighted by molar-refractivity contribution is 7.74. The van der Waals surface area contributed by atoms with E-state index in [1.807, 2.05) is 36.4 Å². The molecule has 5 rings (SSSR count). The SMILES string of the molecule is CN(OS(=O)O)c1ccc2cc(C(=O)Nc3cccc(C4(c5ccc(F)cc5)CC4)c3)[nH]c2c1. The summed E-state index contributed by atoms with van der Waals surface area (Å²) in [6.07, 6.45) is 1.95. The number of hydroxylamine groups is 1. The highest BCUT2D eigenvalue weighted by Gasteiger charge is 2.45. The maximum absolute atomic E-state index is 13.4. The second-order valence-corrected chi connectivity index (χ2v) is 8.95. The van der Waals surface area contributed by atoms with Crippen LogP contribution in [0.5, 0.6) is 0 Å². The van der Waals surface area contributed by atoms with Crippen LogP contribution >= 0.6 is 0 Å². The predicted molar refractivity (Wildman–Crippen MR) is 129 cm³/mol. The Balaban J connectivity index is 1.35. The highest BCUT2D eigenvalue weighted by Crippen LogP contribution is 2.53. The number of carbonyl (C=O) groups is 1. The molecule has 0 bridgehead atoms. The quantitative estimate of drug-likeness (QED) is 0.252. The molecule has 0 radical (unpaired) electrons. The zero-order valence-corrected chi connectivity index (χ0v) is 19.1. The van der Waals surface area contributed by atoms with Gasteiger partial charge in [-0.05, 0) is 66.4 Å². The Labute approximate surface area is 198 Å². The van der Waals surface area contributed by atoms with Gasteiger partial charge in [0, 0.05) is 29.1 Å². The lowest BCUT2D eigenvalue weighted by molar-refractivity contribution is 0.102. The first-order chi connectivity index (χ1) is 16.3. The lowest BCUT2D eigenvalue weighted by atomic mass is 9.88. The molecule has 1 aromatic heterocycles. The van der Waals surface area contributed by atoms with Crippen LogP contribution < -0.4 is 10.4 Å². The van der Waals surface area contributed by atoms with Crippen molar-refractivity contribution < 1.29 is 22.2 Å². The zero-order valence-electron chi connectivity index (χ0n) is 18.2. The number of carbonyl (C=O) groups excluding carboxylic acids is 1. The lowest BCUT2D eigenvalue weighted by Crippen LogP contribution is -2.18. The summed E-state index contributed by atoms with van der Waals surface area (Å²) in [6, 6.07) is 21.3. The van der Waals surface area contributed by atoms with Gasteiger partial charge >= 0.3 is 11.4 Å². The number of hydrogen-bond acceptors (Lipinski definition) is 4. The summed E-state index contributed by atoms with van der Waals surface area (Å²) in [4.78, 5) is 16.0. The summed E-state index contributed by atoms with van der Waals surface area (Å²) >= 11 is -2.44. The number of fused-ring (bicyclic) bond motifs is 1. The molecule has 174 valence electrons. The van der Waals surface area contributed by atoms with E-state index in [9.17, 15) is 13.4 Å². The van der Waals surface area contributed by atoms with Crippen LogP contribution in [0, 0.1) is 5.82 Å². The smallest absolute Gasteiger partial charge is 0.325 e. The van der Waals surface area contributed by atoms with Crippen LogP contribution in [0.3, 0.4) is 0 Å². The minimum Gasteiger partial charge on any atom is -0.350 e. The van der Waals surface area contributed by atoms with Crippen LogP contribution in [0.1, 0.15) is 34.5 Å². The Kier molecular flexibility index (Phi) is 5.68. The first-order valence-corrected chi connectivity index (χ1v) is 11.7. The second-order valence-electron chi connectivity index (χ2n) is 8.37. The molecular formula is C25H22FN3O4S. The molecule has 0 spiro atoms. The van der Waals surface area contributed by atoms with Crippen molar-refractivity contribution in [3.8, 4) is 0 Å². The van der Waals surface area contributed by atoms with Gasteiger partial charge in [-0.3, -0.25) is 9.35 Å². The van der Waals surface area contributed by atoms with Crippen molar-refractivity contribution in [2.75, 3.05) is 17.4 Å². The van der Waals surface area contributed by atoms with Crippen LogP contribution in [0.4, 0.5) is 15.8 Å². The van der Waals surface area contributed by atoms with Gasteiger partial charge in [0.25, 0.3) is 5.91 Å². The van der Waals surface area contributed by atoms with Gasteiger partial charge in [0.05, 0.1) is 5.69 Å². The van der Waals surface area contributed by atoms with Crippen molar-refractivity contribution in [3.63, 3.8) is 0 Å². The van der Waals surface area contributed by atoms with E-state index in [1.54, 1.807) is 24.3 Å². The molecule has 3 N–H and O–H groups in total. The summed E-state index contributed by atoms with van der Waals surface area (Å²) in [7, 11) is 1.51. The number of anilines is 2. The van der Waals surface area contributed by atoms with E-state index in [0.29, 0.717) is 22.6 Å². The minimum atomic E-state index is -2.44. The van der Waals surface area contributed by atoms with Crippen molar-refractivity contribution in [1.82, 2.24) is 4.98 Å². The first kappa shape index (κ1) is 22.3.